The van der Waals surface area contributed by atoms with E-state index in [-0.39, 0.29) is 5.56 Å². The molecule has 1 aliphatic rings. The minimum Gasteiger partial charge on any atom is -0.257 e. The van der Waals surface area contributed by atoms with E-state index in [9.17, 15) is 17.6 Å². The molecule has 2 nitrogen and oxygen atoms in total. The molecule has 0 unspecified atom stereocenters. The highest BCUT2D eigenvalue weighted by Gasteiger charge is 2.39. The average molecular weight is 384 g/mol. The summed E-state index contributed by atoms with van der Waals surface area (Å²) in [5, 5.41) is 6.15. The first-order valence-corrected chi connectivity index (χ1v) is 8.77. The molecular weight excluding hydrogens is 368 g/mol. The van der Waals surface area contributed by atoms with Gasteiger partial charge in [0.25, 0.3) is 0 Å². The van der Waals surface area contributed by atoms with Crippen LogP contribution in [0.5, 0.6) is 0 Å². The Labute approximate surface area is 159 Å². The summed E-state index contributed by atoms with van der Waals surface area (Å²) in [5.74, 6) is -0.414. The Kier molecular flexibility index (Phi) is 4.63. The number of anilines is 1. The van der Waals surface area contributed by atoms with Crippen molar-refractivity contribution in [3.63, 3.8) is 0 Å². The molecule has 3 aromatic carbocycles. The maximum absolute atomic E-state index is 13.6. The van der Waals surface area contributed by atoms with Gasteiger partial charge in [0, 0.05) is 6.42 Å². The molecule has 3 aromatic rings. The highest BCUT2D eigenvalue weighted by Crippen LogP contribution is 2.42. The molecule has 1 heterocycles. The molecule has 0 radical (unpaired) electrons. The van der Waals surface area contributed by atoms with Crippen molar-refractivity contribution in [3.05, 3.63) is 101 Å². The lowest BCUT2D eigenvalue weighted by atomic mass is 9.94. The van der Waals surface area contributed by atoms with Crippen molar-refractivity contribution in [3.8, 4) is 0 Å². The Morgan fingerprint density at radius 3 is 2.14 bits per heavy atom. The summed E-state index contributed by atoms with van der Waals surface area (Å²) in [6.07, 6.45) is -4.16. The molecule has 6 heteroatoms. The Balaban J connectivity index is 1.81. The van der Waals surface area contributed by atoms with Gasteiger partial charge in [0.2, 0.25) is 0 Å². The van der Waals surface area contributed by atoms with Crippen LogP contribution in [0.2, 0.25) is 0 Å². The zero-order valence-electron chi connectivity index (χ0n) is 14.7. The number of alkyl halides is 3. The van der Waals surface area contributed by atoms with Crippen molar-refractivity contribution in [2.24, 2.45) is 5.10 Å². The summed E-state index contributed by atoms with van der Waals surface area (Å²) in [4.78, 5) is 0. The van der Waals surface area contributed by atoms with Crippen molar-refractivity contribution in [2.75, 3.05) is 5.01 Å². The van der Waals surface area contributed by atoms with Crippen LogP contribution in [0.15, 0.2) is 84.0 Å². The van der Waals surface area contributed by atoms with E-state index in [0.717, 1.165) is 11.6 Å². The summed E-state index contributed by atoms with van der Waals surface area (Å²) in [5.41, 5.74) is 1.54. The SMILES string of the molecule is Fc1ccc(N2N=C(c3ccccc3)C[C@H]2c2ccccc2C(F)(F)F)cc1. The molecule has 1 atom stereocenters. The Bertz CT molecular complexity index is 995. The second-order valence-corrected chi connectivity index (χ2v) is 6.54. The van der Waals surface area contributed by atoms with Crippen LogP contribution in [0.4, 0.5) is 23.2 Å². The third-order valence-electron chi connectivity index (χ3n) is 4.73. The van der Waals surface area contributed by atoms with E-state index in [1.165, 1.54) is 36.4 Å². The standard InChI is InChI=1S/C22H16F4N2/c23-16-10-12-17(13-11-16)28-21(14-20(27-28)15-6-2-1-3-7-15)18-8-4-5-9-19(18)22(24,25)26/h1-13,21H,14H2/t21-/m0/s1. The minimum atomic E-state index is -4.47. The fourth-order valence-corrected chi connectivity index (χ4v) is 3.44. The summed E-state index contributed by atoms with van der Waals surface area (Å²) in [6.45, 7) is 0. The quantitative estimate of drug-likeness (QED) is 0.491. The summed E-state index contributed by atoms with van der Waals surface area (Å²) in [7, 11) is 0. The topological polar surface area (TPSA) is 15.6 Å². The molecule has 1 aliphatic heterocycles. The van der Waals surface area contributed by atoms with E-state index < -0.39 is 23.6 Å². The number of halogens is 4. The van der Waals surface area contributed by atoms with Crippen molar-refractivity contribution in [1.82, 2.24) is 0 Å². The predicted molar refractivity (Wildman–Crippen MR) is 101 cm³/mol. The molecule has 28 heavy (non-hydrogen) atoms. The lowest BCUT2D eigenvalue weighted by molar-refractivity contribution is -0.138. The zero-order valence-corrected chi connectivity index (χ0v) is 14.7. The third-order valence-corrected chi connectivity index (χ3v) is 4.73. The van der Waals surface area contributed by atoms with Crippen LogP contribution in [0, 0.1) is 5.82 Å². The molecular formula is C22H16F4N2. The first kappa shape index (κ1) is 18.2. The van der Waals surface area contributed by atoms with Gasteiger partial charge < -0.3 is 0 Å². The van der Waals surface area contributed by atoms with Crippen LogP contribution in [0.1, 0.15) is 29.2 Å². The molecule has 0 aromatic heterocycles. The first-order valence-electron chi connectivity index (χ1n) is 8.77. The number of hydrogen-bond donors (Lipinski definition) is 0. The number of rotatable bonds is 3. The van der Waals surface area contributed by atoms with Crippen LogP contribution >= 0.6 is 0 Å². The molecule has 0 saturated heterocycles. The fourth-order valence-electron chi connectivity index (χ4n) is 3.44. The number of nitrogens with zero attached hydrogens (tertiary/aromatic N) is 2. The highest BCUT2D eigenvalue weighted by atomic mass is 19.4. The van der Waals surface area contributed by atoms with Gasteiger partial charge in [0.05, 0.1) is 23.0 Å². The second kappa shape index (κ2) is 7.11. The lowest BCUT2D eigenvalue weighted by Gasteiger charge is -2.26. The van der Waals surface area contributed by atoms with Gasteiger partial charge in [-0.05, 0) is 41.5 Å². The van der Waals surface area contributed by atoms with Crippen molar-refractivity contribution in [1.29, 1.82) is 0 Å². The molecule has 0 fully saturated rings. The van der Waals surface area contributed by atoms with E-state index in [1.807, 2.05) is 30.3 Å². The van der Waals surface area contributed by atoms with E-state index in [0.29, 0.717) is 17.8 Å². The summed E-state index contributed by atoms with van der Waals surface area (Å²) >= 11 is 0. The molecule has 0 amide bonds. The smallest absolute Gasteiger partial charge is 0.257 e. The Morgan fingerprint density at radius 2 is 1.46 bits per heavy atom. The van der Waals surface area contributed by atoms with Crippen molar-refractivity contribution in [2.45, 2.75) is 18.6 Å². The number of hydrogen-bond acceptors (Lipinski definition) is 2. The largest absolute Gasteiger partial charge is 0.416 e. The van der Waals surface area contributed by atoms with Gasteiger partial charge in [-0.1, -0.05) is 48.5 Å². The number of hydrazone groups is 1. The molecule has 0 bridgehead atoms. The first-order chi connectivity index (χ1) is 13.4. The van der Waals surface area contributed by atoms with Gasteiger partial charge in [-0.2, -0.15) is 18.3 Å². The van der Waals surface area contributed by atoms with E-state index in [2.05, 4.69) is 5.10 Å². The highest BCUT2D eigenvalue weighted by molar-refractivity contribution is 6.03. The predicted octanol–water partition coefficient (Wildman–Crippen LogP) is 6.20. The average Bonchev–Trinajstić information content (AvgIpc) is 3.14. The third kappa shape index (κ3) is 3.50. The van der Waals surface area contributed by atoms with Gasteiger partial charge in [-0.25, -0.2) is 4.39 Å². The lowest BCUT2D eigenvalue weighted by Crippen LogP contribution is -2.22. The number of benzene rings is 3. The van der Waals surface area contributed by atoms with Gasteiger partial charge >= 0.3 is 6.18 Å². The normalized spacial score (nSPS) is 16.9. The minimum absolute atomic E-state index is 0.147. The molecule has 0 saturated carbocycles. The molecule has 142 valence electrons. The van der Waals surface area contributed by atoms with Gasteiger partial charge in [0.15, 0.2) is 0 Å². The molecule has 0 spiro atoms. The van der Waals surface area contributed by atoms with Crippen LogP contribution in [0.3, 0.4) is 0 Å². The summed E-state index contributed by atoms with van der Waals surface area (Å²) in [6, 6.07) is 19.8. The van der Waals surface area contributed by atoms with Crippen LogP contribution in [0.25, 0.3) is 0 Å². The monoisotopic (exact) mass is 384 g/mol. The van der Waals surface area contributed by atoms with E-state index >= 15 is 0 Å². The van der Waals surface area contributed by atoms with Crippen molar-refractivity contribution >= 4 is 11.4 Å². The zero-order chi connectivity index (χ0) is 19.7. The second-order valence-electron chi connectivity index (χ2n) is 6.54. The fraction of sp³-hybridized carbons (Fsp3) is 0.136. The van der Waals surface area contributed by atoms with Crippen molar-refractivity contribution < 1.29 is 17.6 Å². The summed E-state index contributed by atoms with van der Waals surface area (Å²) < 4.78 is 54.1. The van der Waals surface area contributed by atoms with Crippen LogP contribution in [-0.4, -0.2) is 5.71 Å². The van der Waals surface area contributed by atoms with Gasteiger partial charge in [0.1, 0.15) is 5.82 Å². The maximum atomic E-state index is 13.6. The maximum Gasteiger partial charge on any atom is 0.416 e. The van der Waals surface area contributed by atoms with Crippen LogP contribution < -0.4 is 5.01 Å². The van der Waals surface area contributed by atoms with E-state index in [4.69, 9.17) is 0 Å². The molecule has 0 aliphatic carbocycles. The van der Waals surface area contributed by atoms with Gasteiger partial charge in [-0.15, -0.1) is 0 Å². The van der Waals surface area contributed by atoms with E-state index in [1.54, 1.807) is 11.1 Å². The molecule has 4 rings (SSSR count). The molecule has 0 N–H and O–H groups in total. The van der Waals surface area contributed by atoms with Crippen LogP contribution in [-0.2, 0) is 6.18 Å². The Morgan fingerprint density at radius 1 is 0.821 bits per heavy atom. The Hall–Kier alpha value is -3.15. The van der Waals surface area contributed by atoms with Gasteiger partial charge in [-0.3, -0.25) is 5.01 Å².